The molecule has 0 saturated carbocycles. The van der Waals surface area contributed by atoms with Crippen LogP contribution in [0.1, 0.15) is 23.6 Å². The molecule has 34 heavy (non-hydrogen) atoms. The summed E-state index contributed by atoms with van der Waals surface area (Å²) < 4.78 is 5.91. The van der Waals surface area contributed by atoms with Crippen LogP contribution in [0, 0.1) is 0 Å². The predicted octanol–water partition coefficient (Wildman–Crippen LogP) is 3.92. The molecule has 1 heterocycles. The lowest BCUT2D eigenvalue weighted by atomic mass is 10.0. The first-order valence-corrected chi connectivity index (χ1v) is 11.5. The molecule has 3 aromatic carbocycles. The summed E-state index contributed by atoms with van der Waals surface area (Å²) in [6.07, 6.45) is 0.135. The molecular weight excluding hydrogens is 428 g/mol. The number of nitrogens with two attached hydrogens (primary N) is 1. The van der Waals surface area contributed by atoms with E-state index in [0.29, 0.717) is 24.6 Å². The van der Waals surface area contributed by atoms with Gasteiger partial charge in [0.15, 0.2) is 0 Å². The highest BCUT2D eigenvalue weighted by Crippen LogP contribution is 2.26. The van der Waals surface area contributed by atoms with Gasteiger partial charge in [0.2, 0.25) is 5.91 Å². The number of carbonyl (C=O) groups is 2. The first kappa shape index (κ1) is 23.3. The molecule has 3 aromatic rings. The van der Waals surface area contributed by atoms with Gasteiger partial charge in [-0.15, -0.1) is 0 Å². The van der Waals surface area contributed by atoms with Crippen molar-refractivity contribution < 1.29 is 14.3 Å². The molecule has 3 N–H and O–H groups in total. The van der Waals surface area contributed by atoms with Crippen LogP contribution in [0.4, 0.5) is 4.79 Å². The molecule has 0 bridgehead atoms. The Balaban J connectivity index is 1.37. The van der Waals surface area contributed by atoms with E-state index in [-0.39, 0.29) is 12.3 Å². The van der Waals surface area contributed by atoms with Crippen LogP contribution < -0.4 is 15.8 Å². The monoisotopic (exact) mass is 458 g/mol. The number of nitrogens with zero attached hydrogens (tertiary/aromatic N) is 2. The Morgan fingerprint density at radius 2 is 1.50 bits per heavy atom. The lowest BCUT2D eigenvalue weighted by Crippen LogP contribution is -2.49. The van der Waals surface area contributed by atoms with E-state index in [0.717, 1.165) is 25.2 Å². The Morgan fingerprint density at radius 3 is 2.18 bits per heavy atom. The zero-order chi connectivity index (χ0) is 23.8. The summed E-state index contributed by atoms with van der Waals surface area (Å²) in [7, 11) is 0. The van der Waals surface area contributed by atoms with Crippen LogP contribution in [0.15, 0.2) is 84.9 Å². The van der Waals surface area contributed by atoms with Gasteiger partial charge in [-0.1, -0.05) is 60.7 Å². The zero-order valence-electron chi connectivity index (χ0n) is 19.1. The first-order chi connectivity index (χ1) is 16.6. The van der Waals surface area contributed by atoms with Gasteiger partial charge in [-0.05, 0) is 35.4 Å². The van der Waals surface area contributed by atoms with Gasteiger partial charge >= 0.3 is 6.03 Å². The molecule has 3 amide bonds. The zero-order valence-corrected chi connectivity index (χ0v) is 19.1. The van der Waals surface area contributed by atoms with E-state index in [1.807, 2.05) is 77.7 Å². The number of hydrogen-bond donors (Lipinski definition) is 2. The number of para-hydroxylation sites is 1. The van der Waals surface area contributed by atoms with Gasteiger partial charge < -0.3 is 20.7 Å². The molecular formula is C27H30N4O3. The number of hydrogen-bond acceptors (Lipinski definition) is 4. The molecule has 176 valence electrons. The molecule has 0 spiro atoms. The molecule has 4 rings (SSSR count). The SMILES string of the molecule is NC(=O)NC(CC(=O)N1CCN(Cc2ccccc2)CC1)c1cccc(Oc2ccccc2)c1. The average molecular weight is 459 g/mol. The maximum Gasteiger partial charge on any atom is 0.312 e. The maximum absolute atomic E-state index is 13.1. The van der Waals surface area contributed by atoms with Gasteiger partial charge in [-0.2, -0.15) is 0 Å². The second kappa shape index (κ2) is 11.3. The third-order valence-electron chi connectivity index (χ3n) is 5.91. The van der Waals surface area contributed by atoms with Crippen molar-refractivity contribution in [1.82, 2.24) is 15.1 Å². The number of amides is 3. The van der Waals surface area contributed by atoms with Gasteiger partial charge in [0.1, 0.15) is 11.5 Å². The predicted molar refractivity (Wildman–Crippen MR) is 131 cm³/mol. The van der Waals surface area contributed by atoms with E-state index < -0.39 is 12.1 Å². The Bertz CT molecular complexity index is 1080. The fourth-order valence-corrected chi connectivity index (χ4v) is 4.14. The van der Waals surface area contributed by atoms with Crippen molar-refractivity contribution in [2.75, 3.05) is 26.2 Å². The van der Waals surface area contributed by atoms with Gasteiger partial charge in [-0.3, -0.25) is 9.69 Å². The second-order valence-electron chi connectivity index (χ2n) is 8.40. The molecule has 7 nitrogen and oxygen atoms in total. The molecule has 7 heteroatoms. The molecule has 1 atom stereocenters. The van der Waals surface area contributed by atoms with E-state index in [1.54, 1.807) is 0 Å². The molecule has 1 aliphatic rings. The molecule has 0 aliphatic carbocycles. The van der Waals surface area contributed by atoms with Crippen LogP contribution in [-0.4, -0.2) is 47.9 Å². The summed E-state index contributed by atoms with van der Waals surface area (Å²) in [6.45, 7) is 3.82. The topological polar surface area (TPSA) is 87.9 Å². The Kier molecular flexibility index (Phi) is 7.78. The van der Waals surface area contributed by atoms with Crippen molar-refractivity contribution in [2.24, 2.45) is 5.73 Å². The highest BCUT2D eigenvalue weighted by Gasteiger charge is 2.25. The minimum absolute atomic E-state index is 0.00695. The largest absolute Gasteiger partial charge is 0.457 e. The molecule has 1 saturated heterocycles. The highest BCUT2D eigenvalue weighted by molar-refractivity contribution is 5.79. The number of urea groups is 1. The van der Waals surface area contributed by atoms with E-state index >= 15 is 0 Å². The van der Waals surface area contributed by atoms with Crippen LogP contribution in [0.5, 0.6) is 11.5 Å². The first-order valence-electron chi connectivity index (χ1n) is 11.5. The summed E-state index contributed by atoms with van der Waals surface area (Å²) >= 11 is 0. The van der Waals surface area contributed by atoms with Crippen LogP contribution in [0.2, 0.25) is 0 Å². The van der Waals surface area contributed by atoms with Gasteiger partial charge in [0, 0.05) is 32.7 Å². The fraction of sp³-hybridized carbons (Fsp3) is 0.259. The summed E-state index contributed by atoms with van der Waals surface area (Å²) in [4.78, 5) is 29.0. The van der Waals surface area contributed by atoms with Crippen molar-refractivity contribution in [3.05, 3.63) is 96.1 Å². The Labute approximate surface area is 200 Å². The summed E-state index contributed by atoms with van der Waals surface area (Å²) in [6, 6.07) is 26.0. The van der Waals surface area contributed by atoms with Crippen LogP contribution >= 0.6 is 0 Å². The molecule has 1 unspecified atom stereocenters. The fourth-order valence-electron chi connectivity index (χ4n) is 4.14. The highest BCUT2D eigenvalue weighted by atomic mass is 16.5. The number of benzene rings is 3. The van der Waals surface area contributed by atoms with Gasteiger partial charge in [0.25, 0.3) is 0 Å². The number of ether oxygens (including phenoxy) is 1. The van der Waals surface area contributed by atoms with E-state index in [9.17, 15) is 9.59 Å². The number of carbonyl (C=O) groups excluding carboxylic acids is 2. The van der Waals surface area contributed by atoms with E-state index in [1.165, 1.54) is 5.56 Å². The molecule has 0 aromatic heterocycles. The minimum atomic E-state index is -0.667. The van der Waals surface area contributed by atoms with Gasteiger partial charge in [-0.25, -0.2) is 4.79 Å². The molecule has 1 fully saturated rings. The van der Waals surface area contributed by atoms with Crippen LogP contribution in [0.25, 0.3) is 0 Å². The van der Waals surface area contributed by atoms with Crippen molar-refractivity contribution in [3.8, 4) is 11.5 Å². The van der Waals surface area contributed by atoms with Gasteiger partial charge in [0.05, 0.1) is 12.5 Å². The van der Waals surface area contributed by atoms with Crippen molar-refractivity contribution in [3.63, 3.8) is 0 Å². The van der Waals surface area contributed by atoms with E-state index in [2.05, 4.69) is 22.3 Å². The summed E-state index contributed by atoms with van der Waals surface area (Å²) in [5.41, 5.74) is 7.46. The second-order valence-corrected chi connectivity index (χ2v) is 8.40. The number of rotatable bonds is 8. The normalized spacial score (nSPS) is 14.9. The quantitative estimate of drug-likeness (QED) is 0.536. The lowest BCUT2D eigenvalue weighted by Gasteiger charge is -2.35. The van der Waals surface area contributed by atoms with E-state index in [4.69, 9.17) is 10.5 Å². The minimum Gasteiger partial charge on any atom is -0.457 e. The van der Waals surface area contributed by atoms with Crippen LogP contribution in [-0.2, 0) is 11.3 Å². The smallest absolute Gasteiger partial charge is 0.312 e. The molecule has 1 aliphatic heterocycles. The van der Waals surface area contributed by atoms with Crippen molar-refractivity contribution >= 4 is 11.9 Å². The third-order valence-corrected chi connectivity index (χ3v) is 5.91. The Hall–Kier alpha value is -3.84. The maximum atomic E-state index is 13.1. The lowest BCUT2D eigenvalue weighted by molar-refractivity contribution is -0.133. The van der Waals surface area contributed by atoms with Crippen LogP contribution in [0.3, 0.4) is 0 Å². The molecule has 0 radical (unpaired) electrons. The number of primary amides is 1. The van der Waals surface area contributed by atoms with Crippen molar-refractivity contribution in [1.29, 1.82) is 0 Å². The Morgan fingerprint density at radius 1 is 0.853 bits per heavy atom. The summed E-state index contributed by atoms with van der Waals surface area (Å²) in [5, 5.41) is 2.72. The summed E-state index contributed by atoms with van der Waals surface area (Å²) in [5.74, 6) is 1.33. The van der Waals surface area contributed by atoms with Crippen molar-refractivity contribution in [2.45, 2.75) is 19.0 Å². The average Bonchev–Trinajstić information content (AvgIpc) is 2.85. The number of nitrogens with one attached hydrogen (secondary N) is 1. The third kappa shape index (κ3) is 6.59. The number of piperazine rings is 1. The standard InChI is InChI=1S/C27H30N4O3/c28-27(33)29-25(22-10-7-13-24(18-22)34-23-11-5-2-6-12-23)19-26(32)31-16-14-30(15-17-31)20-21-8-3-1-4-9-21/h1-13,18,25H,14-17,19-20H2,(H3,28,29,33).